The van der Waals surface area contributed by atoms with Gasteiger partial charge in [0.1, 0.15) is 11.5 Å². The third-order valence-corrected chi connectivity index (χ3v) is 5.41. The van der Waals surface area contributed by atoms with E-state index in [1.165, 1.54) is 76.0 Å². The summed E-state index contributed by atoms with van der Waals surface area (Å²) in [5.41, 5.74) is 1.48. The van der Waals surface area contributed by atoms with Gasteiger partial charge in [-0.25, -0.2) is 0 Å². The van der Waals surface area contributed by atoms with Gasteiger partial charge < -0.3 is 19.7 Å². The van der Waals surface area contributed by atoms with Crippen LogP contribution in [0.4, 0.5) is 0 Å². The number of aromatic hydroxyl groups is 2. The van der Waals surface area contributed by atoms with Crippen LogP contribution in [0.25, 0.3) is 12.2 Å². The summed E-state index contributed by atoms with van der Waals surface area (Å²) in [5, 5.41) is 19.5. The number of phenolic OH excluding ortho intramolecular Hbond substituents is 2. The SMILES string of the molecule is CCCCCCCCCCCCOc1ccc(C=Cc2cc(O)ccc2O)cc1OC. The first kappa shape index (κ1) is 24.6. The Labute approximate surface area is 187 Å². The zero-order valence-corrected chi connectivity index (χ0v) is 19.1. The number of phenols is 2. The molecule has 2 aromatic carbocycles. The Morgan fingerprint density at radius 2 is 1.42 bits per heavy atom. The van der Waals surface area contributed by atoms with Crippen LogP contribution < -0.4 is 9.47 Å². The smallest absolute Gasteiger partial charge is 0.161 e. The summed E-state index contributed by atoms with van der Waals surface area (Å²) in [7, 11) is 1.64. The second kappa shape index (κ2) is 14.4. The summed E-state index contributed by atoms with van der Waals surface area (Å²) in [4.78, 5) is 0. The summed E-state index contributed by atoms with van der Waals surface area (Å²) in [6.07, 6.45) is 16.7. The van der Waals surface area contributed by atoms with Gasteiger partial charge in [-0.05, 0) is 42.3 Å². The molecule has 0 aliphatic rings. The molecule has 31 heavy (non-hydrogen) atoms. The molecule has 0 radical (unpaired) electrons. The highest BCUT2D eigenvalue weighted by Crippen LogP contribution is 2.30. The average molecular weight is 427 g/mol. The number of methoxy groups -OCH3 is 1. The molecule has 0 bridgehead atoms. The molecule has 170 valence electrons. The number of unbranched alkanes of at least 4 members (excludes halogenated alkanes) is 9. The summed E-state index contributed by atoms with van der Waals surface area (Å²) < 4.78 is 11.4. The van der Waals surface area contributed by atoms with Crippen LogP contribution >= 0.6 is 0 Å². The molecule has 2 aromatic rings. The molecule has 0 spiro atoms. The van der Waals surface area contributed by atoms with Gasteiger partial charge in [-0.2, -0.15) is 0 Å². The molecule has 0 saturated heterocycles. The van der Waals surface area contributed by atoms with Crippen LogP contribution in [0.2, 0.25) is 0 Å². The van der Waals surface area contributed by atoms with Crippen molar-refractivity contribution in [2.24, 2.45) is 0 Å². The lowest BCUT2D eigenvalue weighted by molar-refractivity contribution is 0.284. The number of ether oxygens (including phenoxy) is 2. The molecule has 0 heterocycles. The quantitative estimate of drug-likeness (QED) is 0.175. The lowest BCUT2D eigenvalue weighted by Crippen LogP contribution is -1.99. The lowest BCUT2D eigenvalue weighted by Gasteiger charge is -2.11. The Morgan fingerprint density at radius 3 is 2.10 bits per heavy atom. The second-order valence-electron chi connectivity index (χ2n) is 8.02. The van der Waals surface area contributed by atoms with Gasteiger partial charge >= 0.3 is 0 Å². The molecule has 2 rings (SSSR count). The van der Waals surface area contributed by atoms with E-state index in [4.69, 9.17) is 9.47 Å². The van der Waals surface area contributed by atoms with Crippen LogP contribution in [0.15, 0.2) is 36.4 Å². The molecule has 0 atom stereocenters. The largest absolute Gasteiger partial charge is 0.508 e. The van der Waals surface area contributed by atoms with Gasteiger partial charge in [-0.1, -0.05) is 82.9 Å². The standard InChI is InChI=1S/C27H38O4/c1-3-4-5-6-7-8-9-10-11-12-19-31-26-18-14-22(20-27(26)30-2)13-15-23-21-24(28)16-17-25(23)29/h13-18,20-21,28-29H,3-12,19H2,1-2H3. The topological polar surface area (TPSA) is 58.9 Å². The Morgan fingerprint density at radius 1 is 0.742 bits per heavy atom. The van der Waals surface area contributed by atoms with Gasteiger partial charge in [0.15, 0.2) is 11.5 Å². The van der Waals surface area contributed by atoms with Crippen LogP contribution in [0, 0.1) is 0 Å². The number of hydrogen-bond acceptors (Lipinski definition) is 4. The van der Waals surface area contributed by atoms with Crippen molar-refractivity contribution in [3.63, 3.8) is 0 Å². The fourth-order valence-electron chi connectivity index (χ4n) is 3.54. The van der Waals surface area contributed by atoms with Crippen LogP contribution in [-0.4, -0.2) is 23.9 Å². The monoisotopic (exact) mass is 426 g/mol. The predicted molar refractivity (Wildman–Crippen MR) is 129 cm³/mol. The molecule has 0 amide bonds. The minimum Gasteiger partial charge on any atom is -0.508 e. The summed E-state index contributed by atoms with van der Waals surface area (Å²) in [6, 6.07) is 10.2. The first-order valence-electron chi connectivity index (χ1n) is 11.6. The van der Waals surface area contributed by atoms with E-state index in [0.29, 0.717) is 17.9 Å². The summed E-state index contributed by atoms with van der Waals surface area (Å²) in [5.74, 6) is 1.67. The Kier molecular flexibility index (Phi) is 11.4. The first-order chi connectivity index (χ1) is 15.1. The number of benzene rings is 2. The van der Waals surface area contributed by atoms with Gasteiger partial charge in [0.2, 0.25) is 0 Å². The van der Waals surface area contributed by atoms with Crippen LogP contribution in [-0.2, 0) is 0 Å². The van der Waals surface area contributed by atoms with Gasteiger partial charge in [-0.15, -0.1) is 0 Å². The first-order valence-corrected chi connectivity index (χ1v) is 11.6. The maximum Gasteiger partial charge on any atom is 0.161 e. The van der Waals surface area contributed by atoms with E-state index < -0.39 is 0 Å². The van der Waals surface area contributed by atoms with E-state index in [0.717, 1.165) is 17.7 Å². The second-order valence-corrected chi connectivity index (χ2v) is 8.02. The minimum atomic E-state index is 0.116. The molecule has 4 nitrogen and oxygen atoms in total. The Balaban J connectivity index is 1.73. The zero-order chi connectivity index (χ0) is 22.3. The maximum absolute atomic E-state index is 9.88. The van der Waals surface area contributed by atoms with Crippen molar-refractivity contribution in [2.45, 2.75) is 71.1 Å². The van der Waals surface area contributed by atoms with Crippen molar-refractivity contribution in [2.75, 3.05) is 13.7 Å². The molecule has 0 fully saturated rings. The lowest BCUT2D eigenvalue weighted by atomic mass is 10.1. The molecule has 0 unspecified atom stereocenters. The van der Waals surface area contributed by atoms with Gasteiger partial charge in [0.05, 0.1) is 13.7 Å². The van der Waals surface area contributed by atoms with Crippen molar-refractivity contribution in [1.29, 1.82) is 0 Å². The molecule has 0 saturated carbocycles. The van der Waals surface area contributed by atoms with Crippen LogP contribution in [0.5, 0.6) is 23.0 Å². The van der Waals surface area contributed by atoms with E-state index in [-0.39, 0.29) is 11.5 Å². The average Bonchev–Trinajstić information content (AvgIpc) is 2.78. The Hall–Kier alpha value is -2.62. The molecular weight excluding hydrogens is 388 g/mol. The van der Waals surface area contributed by atoms with Crippen LogP contribution in [0.1, 0.15) is 82.3 Å². The van der Waals surface area contributed by atoms with Crippen molar-refractivity contribution < 1.29 is 19.7 Å². The zero-order valence-electron chi connectivity index (χ0n) is 19.1. The highest BCUT2D eigenvalue weighted by Gasteiger charge is 2.05. The van der Waals surface area contributed by atoms with Gasteiger partial charge in [-0.3, -0.25) is 0 Å². The Bertz CT molecular complexity index is 798. The number of rotatable bonds is 15. The van der Waals surface area contributed by atoms with Crippen LogP contribution in [0.3, 0.4) is 0 Å². The molecule has 2 N–H and O–H groups in total. The summed E-state index contributed by atoms with van der Waals surface area (Å²) in [6.45, 7) is 2.95. The van der Waals surface area contributed by atoms with Crippen molar-refractivity contribution in [3.05, 3.63) is 47.5 Å². The van der Waals surface area contributed by atoms with E-state index in [1.807, 2.05) is 24.3 Å². The molecule has 0 aliphatic heterocycles. The van der Waals surface area contributed by atoms with E-state index >= 15 is 0 Å². The van der Waals surface area contributed by atoms with Crippen molar-refractivity contribution >= 4 is 12.2 Å². The predicted octanol–water partition coefficient (Wildman–Crippen LogP) is 7.58. The van der Waals surface area contributed by atoms with Crippen molar-refractivity contribution in [3.8, 4) is 23.0 Å². The third-order valence-electron chi connectivity index (χ3n) is 5.41. The fourth-order valence-corrected chi connectivity index (χ4v) is 3.54. The molecule has 0 aliphatic carbocycles. The maximum atomic E-state index is 9.88. The highest BCUT2D eigenvalue weighted by molar-refractivity contribution is 5.74. The van der Waals surface area contributed by atoms with Gasteiger partial charge in [0, 0.05) is 5.56 Å². The van der Waals surface area contributed by atoms with E-state index in [9.17, 15) is 10.2 Å². The fraction of sp³-hybridized carbons (Fsp3) is 0.481. The molecule has 0 aromatic heterocycles. The van der Waals surface area contributed by atoms with E-state index in [2.05, 4.69) is 6.92 Å². The minimum absolute atomic E-state index is 0.116. The molecule has 4 heteroatoms. The number of hydrogen-bond donors (Lipinski definition) is 2. The third kappa shape index (κ3) is 9.37. The van der Waals surface area contributed by atoms with E-state index in [1.54, 1.807) is 13.2 Å². The summed E-state index contributed by atoms with van der Waals surface area (Å²) >= 11 is 0. The van der Waals surface area contributed by atoms with Gasteiger partial charge in [0.25, 0.3) is 0 Å². The molecular formula is C27H38O4. The van der Waals surface area contributed by atoms with Crippen molar-refractivity contribution in [1.82, 2.24) is 0 Å². The normalized spacial score (nSPS) is 11.2. The highest BCUT2D eigenvalue weighted by atomic mass is 16.5.